The van der Waals surface area contributed by atoms with Crippen LogP contribution in [-0.2, 0) is 9.53 Å². The van der Waals surface area contributed by atoms with Gasteiger partial charge in [-0.25, -0.2) is 0 Å². The second-order valence-corrected chi connectivity index (χ2v) is 7.19. The molecule has 0 aromatic rings. The van der Waals surface area contributed by atoms with E-state index in [0.29, 0.717) is 6.42 Å². The van der Waals surface area contributed by atoms with Gasteiger partial charge in [0.15, 0.2) is 0 Å². The fraction of sp³-hybridized carbons (Fsp3) is 0.944. The number of quaternary nitrogens is 1. The average molecular weight is 347 g/mol. The van der Waals surface area contributed by atoms with Crippen LogP contribution in [0.4, 0.5) is 0 Å². The molecule has 1 atom stereocenters. The van der Waals surface area contributed by atoms with Crippen molar-refractivity contribution in [3.8, 4) is 0 Å². The Hall–Kier alpha value is -0.320. The number of carbonyl (C=O) groups is 1. The van der Waals surface area contributed by atoms with E-state index in [2.05, 4.69) is 18.7 Å². The van der Waals surface area contributed by atoms with Gasteiger partial charge in [0.1, 0.15) is 0 Å². The molecule has 3 fully saturated rings. The second kappa shape index (κ2) is 10.5. The molecule has 0 aliphatic carbocycles. The maximum absolute atomic E-state index is 12.1. The summed E-state index contributed by atoms with van der Waals surface area (Å²) in [4.78, 5) is 14.6. The number of esters is 1. The van der Waals surface area contributed by atoms with E-state index in [9.17, 15) is 4.79 Å². The van der Waals surface area contributed by atoms with Crippen LogP contribution in [-0.4, -0.2) is 60.8 Å². The van der Waals surface area contributed by atoms with E-state index in [-0.39, 0.29) is 24.6 Å². The number of unbranched alkanes of at least 4 members (excludes halogenated alkanes) is 6. The van der Waals surface area contributed by atoms with Gasteiger partial charge in [-0.15, -0.1) is 0 Å². The highest BCUT2D eigenvalue weighted by atomic mass is 35.5. The fourth-order valence-electron chi connectivity index (χ4n) is 3.83. The summed E-state index contributed by atoms with van der Waals surface area (Å²) in [7, 11) is 0. The zero-order valence-electron chi connectivity index (χ0n) is 15.1. The largest absolute Gasteiger partial charge is 1.00 e. The van der Waals surface area contributed by atoms with E-state index >= 15 is 0 Å². The fourth-order valence-corrected chi connectivity index (χ4v) is 3.83. The van der Waals surface area contributed by atoms with Gasteiger partial charge in [0.25, 0.3) is 0 Å². The Kier molecular flexibility index (Phi) is 9.48. The molecule has 0 aromatic carbocycles. The van der Waals surface area contributed by atoms with E-state index in [1.807, 2.05) is 0 Å². The van der Waals surface area contributed by atoms with Crippen LogP contribution in [0.2, 0.25) is 0 Å². The molecule has 1 unspecified atom stereocenters. The molecule has 3 aliphatic rings. The summed E-state index contributed by atoms with van der Waals surface area (Å²) in [5.74, 6) is 0.0153. The Morgan fingerprint density at radius 1 is 1.00 bits per heavy atom. The van der Waals surface area contributed by atoms with Crippen LogP contribution in [0.25, 0.3) is 0 Å². The van der Waals surface area contributed by atoms with Crippen molar-refractivity contribution in [2.45, 2.75) is 71.4 Å². The molecule has 0 N–H and O–H groups in total. The number of hydrogen-bond acceptors (Lipinski definition) is 3. The molecule has 0 aromatic heterocycles. The molecule has 0 radical (unpaired) electrons. The lowest BCUT2D eigenvalue weighted by Gasteiger charge is -2.52. The second-order valence-electron chi connectivity index (χ2n) is 7.19. The molecule has 5 heteroatoms. The summed E-state index contributed by atoms with van der Waals surface area (Å²) in [6, 6.07) is 0. The van der Waals surface area contributed by atoms with E-state index in [1.54, 1.807) is 0 Å². The van der Waals surface area contributed by atoms with Gasteiger partial charge in [-0.3, -0.25) is 14.2 Å². The van der Waals surface area contributed by atoms with Crippen molar-refractivity contribution in [3.63, 3.8) is 0 Å². The van der Waals surface area contributed by atoms with Crippen molar-refractivity contribution in [1.29, 1.82) is 0 Å². The highest BCUT2D eigenvalue weighted by molar-refractivity contribution is 5.69. The number of ether oxygens (including phenoxy) is 1. The van der Waals surface area contributed by atoms with Crippen LogP contribution in [0.3, 0.4) is 0 Å². The van der Waals surface area contributed by atoms with Crippen LogP contribution in [0.15, 0.2) is 0 Å². The molecular weight excluding hydrogens is 312 g/mol. The van der Waals surface area contributed by atoms with Crippen molar-refractivity contribution >= 4 is 5.97 Å². The van der Waals surface area contributed by atoms with Crippen LogP contribution < -0.4 is 12.4 Å². The maximum Gasteiger partial charge on any atom is 0.310 e. The highest BCUT2D eigenvalue weighted by Gasteiger charge is 2.43. The van der Waals surface area contributed by atoms with Gasteiger partial charge in [0, 0.05) is 33.0 Å². The molecule has 136 valence electrons. The number of piperazine rings is 3. The number of hydrogen-bond donors (Lipinski definition) is 0. The first kappa shape index (κ1) is 20.7. The average Bonchev–Trinajstić information content (AvgIpc) is 2.55. The maximum atomic E-state index is 12.1. The minimum atomic E-state index is 0. The van der Waals surface area contributed by atoms with Crippen LogP contribution >= 0.6 is 0 Å². The minimum Gasteiger partial charge on any atom is -1.00 e. The van der Waals surface area contributed by atoms with E-state index in [0.717, 1.165) is 30.5 Å². The number of halogens is 1. The summed E-state index contributed by atoms with van der Waals surface area (Å²) >= 11 is 0. The first-order valence-electron chi connectivity index (χ1n) is 9.44. The van der Waals surface area contributed by atoms with Gasteiger partial charge >= 0.3 is 5.97 Å². The lowest BCUT2D eigenvalue weighted by molar-refractivity contribution is -0.978. The zero-order valence-corrected chi connectivity index (χ0v) is 15.8. The van der Waals surface area contributed by atoms with E-state index < -0.39 is 0 Å². The van der Waals surface area contributed by atoms with Crippen molar-refractivity contribution in [2.75, 3.05) is 39.3 Å². The Balaban J connectivity index is 0.00000264. The van der Waals surface area contributed by atoms with Crippen molar-refractivity contribution in [2.24, 2.45) is 0 Å². The van der Waals surface area contributed by atoms with Crippen molar-refractivity contribution < 1.29 is 26.4 Å². The van der Waals surface area contributed by atoms with Crippen molar-refractivity contribution in [1.82, 2.24) is 4.90 Å². The number of fused-ring (bicyclic) bond motifs is 3. The molecule has 23 heavy (non-hydrogen) atoms. The topological polar surface area (TPSA) is 29.5 Å². The molecule has 0 spiro atoms. The van der Waals surface area contributed by atoms with Gasteiger partial charge in [0.05, 0.1) is 19.6 Å². The minimum absolute atomic E-state index is 0. The molecular formula is C18H35ClN2O2. The quantitative estimate of drug-likeness (QED) is 0.321. The third kappa shape index (κ3) is 6.24. The summed E-state index contributed by atoms with van der Waals surface area (Å²) < 4.78 is 6.77. The smallest absolute Gasteiger partial charge is 0.310 e. The summed E-state index contributed by atoms with van der Waals surface area (Å²) in [6.45, 7) is 11.3. The third-order valence-electron chi connectivity index (χ3n) is 5.64. The van der Waals surface area contributed by atoms with Crippen LogP contribution in [0, 0.1) is 0 Å². The monoisotopic (exact) mass is 346 g/mol. The molecule has 0 saturated carbocycles. The molecule has 3 saturated heterocycles. The first-order chi connectivity index (χ1) is 10.7. The summed E-state index contributed by atoms with van der Waals surface area (Å²) in [6.07, 6.45) is 9.36. The predicted molar refractivity (Wildman–Crippen MR) is 89.5 cm³/mol. The molecule has 0 amide bonds. The normalized spacial score (nSPS) is 27.3. The number of rotatable bonds is 10. The van der Waals surface area contributed by atoms with Gasteiger partial charge in [0.2, 0.25) is 6.23 Å². The molecule has 3 heterocycles. The Morgan fingerprint density at radius 2 is 1.52 bits per heavy atom. The molecule has 2 bridgehead atoms. The van der Waals surface area contributed by atoms with Crippen LogP contribution in [0.5, 0.6) is 0 Å². The van der Waals surface area contributed by atoms with Gasteiger partial charge in [-0.05, 0) is 6.42 Å². The lowest BCUT2D eigenvalue weighted by atomic mass is 10.1. The van der Waals surface area contributed by atoms with Gasteiger partial charge < -0.3 is 17.1 Å². The Bertz CT molecular complexity index is 330. The molecule has 3 rings (SSSR count). The van der Waals surface area contributed by atoms with E-state index in [4.69, 9.17) is 4.74 Å². The van der Waals surface area contributed by atoms with Gasteiger partial charge in [-0.1, -0.05) is 45.4 Å². The Labute approximate surface area is 148 Å². The lowest BCUT2D eigenvalue weighted by Crippen LogP contribution is -3.00. The molecule has 3 aliphatic heterocycles. The number of carbonyl (C=O) groups excluding carboxylic acids is 1. The highest BCUT2D eigenvalue weighted by Crippen LogP contribution is 2.24. The SMILES string of the molecule is CCCCCCCCCC(=O)OC(C)[N+]12CCN(CC1)CC2.[Cl-]. The first-order valence-corrected chi connectivity index (χ1v) is 9.44. The summed E-state index contributed by atoms with van der Waals surface area (Å²) in [5.41, 5.74) is 0. The standard InChI is InChI=1S/C18H35N2O2.ClH/c1-3-4-5-6-7-8-9-10-18(21)22-17(2)20-14-11-19(12-15-20)13-16-20;/h17H,3-16H2,1-2H3;1H/q+1;/p-1. The van der Waals surface area contributed by atoms with Crippen molar-refractivity contribution in [3.05, 3.63) is 0 Å². The molecule has 4 nitrogen and oxygen atoms in total. The zero-order chi connectivity index (χ0) is 15.8. The van der Waals surface area contributed by atoms with Gasteiger partial charge in [-0.2, -0.15) is 0 Å². The van der Waals surface area contributed by atoms with E-state index in [1.165, 1.54) is 58.2 Å². The Morgan fingerprint density at radius 3 is 2.09 bits per heavy atom. The predicted octanol–water partition coefficient (Wildman–Crippen LogP) is 0.166. The summed E-state index contributed by atoms with van der Waals surface area (Å²) in [5, 5.41) is 0. The number of nitrogens with zero attached hydrogens (tertiary/aromatic N) is 2. The third-order valence-corrected chi connectivity index (χ3v) is 5.64. The van der Waals surface area contributed by atoms with Crippen LogP contribution in [0.1, 0.15) is 65.2 Å².